The van der Waals surface area contributed by atoms with E-state index in [0.29, 0.717) is 28.6 Å². The molecule has 0 spiro atoms. The lowest BCUT2D eigenvalue weighted by atomic mass is 10.1. The molecule has 2 amide bonds. The molecule has 0 fully saturated rings. The van der Waals surface area contributed by atoms with Crippen LogP contribution in [-0.2, 0) is 4.79 Å². The summed E-state index contributed by atoms with van der Waals surface area (Å²) in [4.78, 5) is 24.4. The van der Waals surface area contributed by atoms with E-state index in [-0.39, 0.29) is 17.6 Å². The highest BCUT2D eigenvalue weighted by atomic mass is 35.5. The summed E-state index contributed by atoms with van der Waals surface area (Å²) in [7, 11) is 0. The molecule has 0 saturated carbocycles. The molecule has 1 aliphatic heterocycles. The van der Waals surface area contributed by atoms with Crippen LogP contribution in [0.1, 0.15) is 35.7 Å². The molecule has 2 N–H and O–H groups in total. The molecule has 0 radical (unpaired) electrons. The number of unbranched alkanes of at least 4 members (excludes halogenated alkanes) is 1. The molecule has 26 heavy (non-hydrogen) atoms. The number of fused-ring (bicyclic) bond motifs is 1. The minimum atomic E-state index is -0.365. The van der Waals surface area contributed by atoms with Gasteiger partial charge in [0.15, 0.2) is 11.5 Å². The van der Waals surface area contributed by atoms with Crippen molar-refractivity contribution in [2.24, 2.45) is 0 Å². The molecule has 0 aromatic heterocycles. The van der Waals surface area contributed by atoms with Crippen molar-refractivity contribution in [1.82, 2.24) is 5.32 Å². The first-order valence-electron chi connectivity index (χ1n) is 8.45. The number of hydrogen-bond acceptors (Lipinski definition) is 3. The standard InChI is InChI=1S/C20H19ClN2O3/c1-2-3-10-22-19(24)14-6-9-17-16(12-14)23-20(25)18(26-17)11-13-4-7-15(21)8-5-13/h4-9,11-12H,2-3,10H2,1H3,(H,22,24)(H,23,25)/b18-11+. The summed E-state index contributed by atoms with van der Waals surface area (Å²) < 4.78 is 5.70. The maximum atomic E-state index is 12.3. The monoisotopic (exact) mass is 370 g/mol. The molecule has 6 heteroatoms. The van der Waals surface area contributed by atoms with Crippen LogP contribution in [0.5, 0.6) is 5.75 Å². The third-order valence-electron chi connectivity index (χ3n) is 3.92. The van der Waals surface area contributed by atoms with Crippen molar-refractivity contribution >= 4 is 35.2 Å². The van der Waals surface area contributed by atoms with Crippen LogP contribution < -0.4 is 15.4 Å². The maximum Gasteiger partial charge on any atom is 0.291 e. The molecule has 134 valence electrons. The van der Waals surface area contributed by atoms with Crippen molar-refractivity contribution in [3.8, 4) is 5.75 Å². The zero-order valence-corrected chi connectivity index (χ0v) is 15.1. The van der Waals surface area contributed by atoms with Crippen molar-refractivity contribution in [2.45, 2.75) is 19.8 Å². The van der Waals surface area contributed by atoms with Crippen LogP contribution in [0, 0.1) is 0 Å². The molecule has 0 bridgehead atoms. The number of amides is 2. The van der Waals surface area contributed by atoms with Crippen LogP contribution >= 0.6 is 11.6 Å². The Hall–Kier alpha value is -2.79. The highest BCUT2D eigenvalue weighted by molar-refractivity contribution is 6.30. The van der Waals surface area contributed by atoms with E-state index in [4.69, 9.17) is 16.3 Å². The Kier molecular flexibility index (Phi) is 5.58. The second-order valence-electron chi connectivity index (χ2n) is 5.94. The summed E-state index contributed by atoms with van der Waals surface area (Å²) in [5.41, 5.74) is 1.76. The van der Waals surface area contributed by atoms with Crippen LogP contribution in [0.3, 0.4) is 0 Å². The number of rotatable bonds is 5. The number of ether oxygens (including phenoxy) is 1. The number of benzene rings is 2. The van der Waals surface area contributed by atoms with Gasteiger partial charge < -0.3 is 15.4 Å². The molecular weight excluding hydrogens is 352 g/mol. The Balaban J connectivity index is 1.77. The van der Waals surface area contributed by atoms with E-state index in [1.165, 1.54) is 0 Å². The van der Waals surface area contributed by atoms with Gasteiger partial charge in [-0.05, 0) is 48.4 Å². The lowest BCUT2D eigenvalue weighted by Gasteiger charge is -2.20. The van der Waals surface area contributed by atoms with Crippen molar-refractivity contribution < 1.29 is 14.3 Å². The quantitative estimate of drug-likeness (QED) is 0.611. The molecular formula is C20H19ClN2O3. The van der Waals surface area contributed by atoms with Crippen molar-refractivity contribution in [3.05, 3.63) is 64.4 Å². The van der Waals surface area contributed by atoms with Gasteiger partial charge in [0.25, 0.3) is 11.8 Å². The van der Waals surface area contributed by atoms with E-state index in [0.717, 1.165) is 18.4 Å². The van der Waals surface area contributed by atoms with Crippen LogP contribution in [0.15, 0.2) is 48.2 Å². The first-order valence-corrected chi connectivity index (χ1v) is 8.83. The summed E-state index contributed by atoms with van der Waals surface area (Å²) in [5.74, 6) is 0.142. The predicted octanol–water partition coefficient (Wildman–Crippen LogP) is 4.24. The average Bonchev–Trinajstić information content (AvgIpc) is 2.64. The smallest absolute Gasteiger partial charge is 0.291 e. The summed E-state index contributed by atoms with van der Waals surface area (Å²) in [6.07, 6.45) is 3.58. The number of nitrogens with one attached hydrogen (secondary N) is 2. The normalized spacial score (nSPS) is 14.4. The molecule has 3 rings (SSSR count). The highest BCUT2D eigenvalue weighted by Gasteiger charge is 2.23. The predicted molar refractivity (Wildman–Crippen MR) is 102 cm³/mol. The highest BCUT2D eigenvalue weighted by Crippen LogP contribution is 2.32. The van der Waals surface area contributed by atoms with Crippen LogP contribution in [0.25, 0.3) is 6.08 Å². The number of carbonyl (C=O) groups excluding carboxylic acids is 2. The summed E-state index contributed by atoms with van der Waals surface area (Å²) >= 11 is 5.87. The third kappa shape index (κ3) is 4.24. The Morgan fingerprint density at radius 2 is 2.00 bits per heavy atom. The van der Waals surface area contributed by atoms with E-state index in [9.17, 15) is 9.59 Å². The molecule has 1 heterocycles. The topological polar surface area (TPSA) is 67.4 Å². The van der Waals surface area contributed by atoms with E-state index >= 15 is 0 Å². The lowest BCUT2D eigenvalue weighted by molar-refractivity contribution is -0.115. The van der Waals surface area contributed by atoms with Gasteiger partial charge in [-0.1, -0.05) is 37.1 Å². The molecule has 2 aromatic carbocycles. The molecule has 0 aliphatic carbocycles. The number of halogens is 1. The average molecular weight is 371 g/mol. The van der Waals surface area contributed by atoms with Gasteiger partial charge >= 0.3 is 0 Å². The zero-order chi connectivity index (χ0) is 18.5. The molecule has 1 aliphatic rings. The van der Waals surface area contributed by atoms with Crippen molar-refractivity contribution in [1.29, 1.82) is 0 Å². The second-order valence-corrected chi connectivity index (χ2v) is 6.37. The van der Waals surface area contributed by atoms with Crippen molar-refractivity contribution in [2.75, 3.05) is 11.9 Å². The summed E-state index contributed by atoms with van der Waals surface area (Å²) in [6.45, 7) is 2.69. The van der Waals surface area contributed by atoms with E-state index in [1.807, 2.05) is 0 Å². The van der Waals surface area contributed by atoms with Gasteiger partial charge in [-0.2, -0.15) is 0 Å². The maximum absolute atomic E-state index is 12.3. The Bertz CT molecular complexity index is 860. The van der Waals surface area contributed by atoms with Gasteiger partial charge in [0.2, 0.25) is 0 Å². The summed E-state index contributed by atoms with van der Waals surface area (Å²) in [5, 5.41) is 6.24. The van der Waals surface area contributed by atoms with Gasteiger partial charge in [0, 0.05) is 17.1 Å². The van der Waals surface area contributed by atoms with Gasteiger partial charge in [-0.15, -0.1) is 0 Å². The minimum absolute atomic E-state index is 0.169. The molecule has 5 nitrogen and oxygen atoms in total. The fourth-order valence-electron chi connectivity index (χ4n) is 2.49. The van der Waals surface area contributed by atoms with Crippen molar-refractivity contribution in [3.63, 3.8) is 0 Å². The second kappa shape index (κ2) is 8.06. The van der Waals surface area contributed by atoms with Gasteiger partial charge in [0.1, 0.15) is 0 Å². The van der Waals surface area contributed by atoms with Gasteiger partial charge in [0.05, 0.1) is 5.69 Å². The zero-order valence-electron chi connectivity index (χ0n) is 14.3. The van der Waals surface area contributed by atoms with E-state index in [2.05, 4.69) is 17.6 Å². The van der Waals surface area contributed by atoms with Gasteiger partial charge in [-0.25, -0.2) is 0 Å². The molecule has 0 unspecified atom stereocenters. The van der Waals surface area contributed by atoms with E-state index < -0.39 is 0 Å². The number of hydrogen-bond donors (Lipinski definition) is 2. The Morgan fingerprint density at radius 1 is 1.23 bits per heavy atom. The Morgan fingerprint density at radius 3 is 2.73 bits per heavy atom. The lowest BCUT2D eigenvalue weighted by Crippen LogP contribution is -2.26. The SMILES string of the molecule is CCCCNC(=O)c1ccc2c(c1)NC(=O)/C(=C\c1ccc(Cl)cc1)O2. The fourth-order valence-corrected chi connectivity index (χ4v) is 2.62. The fraction of sp³-hybridized carbons (Fsp3) is 0.200. The number of anilines is 1. The third-order valence-corrected chi connectivity index (χ3v) is 4.17. The van der Waals surface area contributed by atoms with Crippen LogP contribution in [-0.4, -0.2) is 18.4 Å². The minimum Gasteiger partial charge on any atom is -0.449 e. The summed E-state index contributed by atoms with van der Waals surface area (Å²) in [6, 6.07) is 12.1. The number of carbonyl (C=O) groups is 2. The largest absolute Gasteiger partial charge is 0.449 e. The molecule has 0 atom stereocenters. The Labute approximate surface area is 157 Å². The van der Waals surface area contributed by atoms with Gasteiger partial charge in [-0.3, -0.25) is 9.59 Å². The van der Waals surface area contributed by atoms with Crippen LogP contribution in [0.2, 0.25) is 5.02 Å². The molecule has 0 saturated heterocycles. The first-order chi connectivity index (χ1) is 12.6. The van der Waals surface area contributed by atoms with Crippen LogP contribution in [0.4, 0.5) is 5.69 Å². The van der Waals surface area contributed by atoms with E-state index in [1.54, 1.807) is 48.5 Å². The molecule has 2 aromatic rings. The first kappa shape index (κ1) is 18.0.